The number of hydrogen-bond acceptors (Lipinski definition) is 8. The Hall–Kier alpha value is -4.09. The van der Waals surface area contributed by atoms with Gasteiger partial charge in [0, 0.05) is 23.2 Å². The number of ether oxygens (including phenoxy) is 1. The van der Waals surface area contributed by atoms with Gasteiger partial charge in [0.25, 0.3) is 5.91 Å². The Labute approximate surface area is 280 Å². The molecule has 0 radical (unpaired) electrons. The molecule has 2 aromatic carbocycles. The van der Waals surface area contributed by atoms with Crippen LogP contribution in [0.25, 0.3) is 11.0 Å². The Bertz CT molecular complexity index is 1760. The van der Waals surface area contributed by atoms with Crippen LogP contribution in [0.5, 0.6) is 5.75 Å². The number of pyridine rings is 1. The third-order valence-electron chi connectivity index (χ3n) is 8.70. The highest BCUT2D eigenvalue weighted by Crippen LogP contribution is 2.39. The number of hydrogen-bond donors (Lipinski definition) is 3. The molecular weight excluding hydrogens is 611 g/mol. The topological polar surface area (TPSA) is 121 Å². The lowest BCUT2D eigenvalue weighted by Crippen LogP contribution is -2.34. The summed E-state index contributed by atoms with van der Waals surface area (Å²) in [6, 6.07) is 13.4. The van der Waals surface area contributed by atoms with E-state index in [-0.39, 0.29) is 11.3 Å². The van der Waals surface area contributed by atoms with E-state index in [1.807, 2.05) is 37.3 Å². The Morgan fingerprint density at radius 1 is 1.04 bits per heavy atom. The van der Waals surface area contributed by atoms with E-state index in [0.29, 0.717) is 39.9 Å². The van der Waals surface area contributed by atoms with Crippen molar-refractivity contribution in [3.8, 4) is 5.75 Å². The molecule has 0 saturated carbocycles. The molecule has 0 spiro atoms. The van der Waals surface area contributed by atoms with Crippen LogP contribution in [0.2, 0.25) is 0 Å². The fraction of sp³-hybridized carbons (Fsp3) is 0.444. The van der Waals surface area contributed by atoms with Crippen molar-refractivity contribution >= 4 is 50.8 Å². The number of aromatic nitrogens is 3. The third-order valence-corrected chi connectivity index (χ3v) is 9.21. The van der Waals surface area contributed by atoms with Crippen molar-refractivity contribution in [3.63, 3.8) is 0 Å². The van der Waals surface area contributed by atoms with E-state index < -0.39 is 11.0 Å². The number of piperidine rings is 1. The second kappa shape index (κ2) is 14.8. The van der Waals surface area contributed by atoms with Crippen LogP contribution in [0.15, 0.2) is 48.8 Å². The van der Waals surface area contributed by atoms with Gasteiger partial charge in [-0.1, -0.05) is 33.8 Å². The van der Waals surface area contributed by atoms with Crippen LogP contribution < -0.4 is 20.1 Å². The third kappa shape index (κ3) is 8.44. The number of carbonyl (C=O) groups excluding carboxylic acids is 1. The number of anilines is 4. The monoisotopic (exact) mass is 657 g/mol. The Morgan fingerprint density at radius 2 is 1.79 bits per heavy atom. The van der Waals surface area contributed by atoms with E-state index in [4.69, 9.17) is 9.72 Å². The summed E-state index contributed by atoms with van der Waals surface area (Å²) in [7, 11) is 0.199. The smallest absolute Gasteiger partial charge is 0.255 e. The molecule has 47 heavy (non-hydrogen) atoms. The van der Waals surface area contributed by atoms with Crippen molar-refractivity contribution in [1.82, 2.24) is 19.9 Å². The van der Waals surface area contributed by atoms with Crippen molar-refractivity contribution in [3.05, 3.63) is 71.2 Å². The SMILES string of the molecule is CCCN1CCC(Cc2ccc3ncnc(Nc4cc(C(=O)Nc5cc(C(C)(C)C)cc(NS(C)=O)c5OC)ccc4C)c3n2)CC1. The van der Waals surface area contributed by atoms with E-state index in [1.165, 1.54) is 39.2 Å². The minimum atomic E-state index is -1.33. The van der Waals surface area contributed by atoms with Gasteiger partial charge in [-0.05, 0) is 111 Å². The van der Waals surface area contributed by atoms with E-state index in [0.717, 1.165) is 47.5 Å². The van der Waals surface area contributed by atoms with Crippen LogP contribution in [0, 0.1) is 12.8 Å². The molecule has 250 valence electrons. The molecule has 1 aliphatic rings. The highest BCUT2D eigenvalue weighted by atomic mass is 32.2. The fourth-order valence-electron chi connectivity index (χ4n) is 6.04. The maximum Gasteiger partial charge on any atom is 0.255 e. The zero-order chi connectivity index (χ0) is 33.7. The van der Waals surface area contributed by atoms with Gasteiger partial charge in [0.1, 0.15) is 22.8 Å². The molecule has 1 saturated heterocycles. The Morgan fingerprint density at radius 3 is 2.47 bits per heavy atom. The first-order valence-electron chi connectivity index (χ1n) is 16.3. The maximum absolute atomic E-state index is 13.7. The second-order valence-corrected chi connectivity index (χ2v) is 14.5. The number of amides is 1. The number of methoxy groups -OCH3 is 1. The molecular formula is C36H47N7O3S. The standard InChI is InChI=1S/C36H47N7O3S/c1-8-15-43-16-13-24(14-17-43)18-27-11-12-28-32(39-27)34(38-22-37-28)40-29-19-25(10-9-23(29)2)35(44)41-30-20-26(36(3,4)5)21-31(33(30)46-6)42-47(7)45/h9-12,19-22,24,42H,8,13-18H2,1-7H3,(H,41,44)(H,37,38,40). The van der Waals surface area contributed by atoms with Gasteiger partial charge in [-0.2, -0.15) is 0 Å². The lowest BCUT2D eigenvalue weighted by molar-refractivity contribution is 0.102. The number of nitrogens with one attached hydrogen (secondary N) is 3. The number of carbonyl (C=O) groups is 1. The molecule has 3 N–H and O–H groups in total. The number of rotatable bonds is 11. The second-order valence-electron chi connectivity index (χ2n) is 13.4. The molecule has 3 heterocycles. The van der Waals surface area contributed by atoms with Gasteiger partial charge in [0.05, 0.1) is 24.0 Å². The number of likely N-dealkylation sites (tertiary alicyclic amines) is 1. The van der Waals surface area contributed by atoms with E-state index >= 15 is 0 Å². The summed E-state index contributed by atoms with van der Waals surface area (Å²) >= 11 is 0. The van der Waals surface area contributed by atoms with E-state index in [9.17, 15) is 9.00 Å². The normalized spacial score (nSPS) is 15.0. The summed E-state index contributed by atoms with van der Waals surface area (Å²) in [5.74, 6) is 1.31. The fourth-order valence-corrected chi connectivity index (χ4v) is 6.50. The molecule has 11 heteroatoms. The highest BCUT2D eigenvalue weighted by molar-refractivity contribution is 7.85. The molecule has 1 unspecified atom stereocenters. The average Bonchev–Trinajstić information content (AvgIpc) is 3.02. The van der Waals surface area contributed by atoms with Gasteiger partial charge in [-0.25, -0.2) is 19.2 Å². The molecule has 1 atom stereocenters. The van der Waals surface area contributed by atoms with Gasteiger partial charge >= 0.3 is 0 Å². The van der Waals surface area contributed by atoms with Crippen molar-refractivity contribution < 1.29 is 13.7 Å². The van der Waals surface area contributed by atoms with Crippen molar-refractivity contribution in [2.45, 2.75) is 65.7 Å². The molecule has 1 fully saturated rings. The van der Waals surface area contributed by atoms with Crippen molar-refractivity contribution in [2.75, 3.05) is 48.4 Å². The first kappa shape index (κ1) is 34.3. The summed E-state index contributed by atoms with van der Waals surface area (Å²) in [5, 5.41) is 6.47. The van der Waals surface area contributed by atoms with Gasteiger partial charge in [-0.3, -0.25) is 4.79 Å². The van der Waals surface area contributed by atoms with Crippen LogP contribution in [0.4, 0.5) is 22.9 Å². The quantitative estimate of drug-likeness (QED) is 0.158. The minimum absolute atomic E-state index is 0.223. The highest BCUT2D eigenvalue weighted by Gasteiger charge is 2.23. The number of fused-ring (bicyclic) bond motifs is 1. The van der Waals surface area contributed by atoms with Gasteiger partial charge in [0.15, 0.2) is 11.6 Å². The summed E-state index contributed by atoms with van der Waals surface area (Å²) < 4.78 is 20.7. The van der Waals surface area contributed by atoms with E-state index in [1.54, 1.807) is 12.3 Å². The predicted molar refractivity (Wildman–Crippen MR) is 192 cm³/mol. The Balaban J connectivity index is 1.39. The lowest BCUT2D eigenvalue weighted by Gasteiger charge is -2.31. The minimum Gasteiger partial charge on any atom is -0.492 e. The first-order chi connectivity index (χ1) is 22.4. The van der Waals surface area contributed by atoms with Crippen molar-refractivity contribution in [1.29, 1.82) is 0 Å². The zero-order valence-electron chi connectivity index (χ0n) is 28.6. The maximum atomic E-state index is 13.7. The zero-order valence-corrected chi connectivity index (χ0v) is 29.4. The molecule has 5 rings (SSSR count). The Kier molecular flexibility index (Phi) is 10.8. The molecule has 0 bridgehead atoms. The number of aryl methyl sites for hydroxylation is 1. The molecule has 0 aliphatic carbocycles. The number of nitrogens with zero attached hydrogens (tertiary/aromatic N) is 4. The van der Waals surface area contributed by atoms with Crippen LogP contribution in [-0.4, -0.2) is 63.0 Å². The van der Waals surface area contributed by atoms with Gasteiger partial charge in [-0.15, -0.1) is 0 Å². The average molecular weight is 658 g/mol. The summed E-state index contributed by atoms with van der Waals surface area (Å²) in [5.41, 5.74) is 6.43. The summed E-state index contributed by atoms with van der Waals surface area (Å²) in [6.45, 7) is 13.9. The number of benzene rings is 2. The molecule has 2 aromatic heterocycles. The van der Waals surface area contributed by atoms with Crippen molar-refractivity contribution in [2.24, 2.45) is 5.92 Å². The molecule has 1 amide bonds. The van der Waals surface area contributed by atoms with Crippen LogP contribution >= 0.6 is 0 Å². The van der Waals surface area contributed by atoms with Crippen LogP contribution in [0.1, 0.15) is 74.1 Å². The van der Waals surface area contributed by atoms with Gasteiger partial charge in [0.2, 0.25) is 0 Å². The first-order valence-corrected chi connectivity index (χ1v) is 17.9. The summed E-state index contributed by atoms with van der Waals surface area (Å²) in [6.07, 6.45) is 7.59. The molecule has 10 nitrogen and oxygen atoms in total. The van der Waals surface area contributed by atoms with Crippen LogP contribution in [-0.2, 0) is 22.8 Å². The predicted octanol–water partition coefficient (Wildman–Crippen LogP) is 7.01. The lowest BCUT2D eigenvalue weighted by atomic mass is 9.86. The van der Waals surface area contributed by atoms with Crippen LogP contribution in [0.3, 0.4) is 0 Å². The van der Waals surface area contributed by atoms with E-state index in [2.05, 4.69) is 64.0 Å². The largest absolute Gasteiger partial charge is 0.492 e. The summed E-state index contributed by atoms with van der Waals surface area (Å²) in [4.78, 5) is 30.3. The molecule has 4 aromatic rings. The molecule has 1 aliphatic heterocycles. The van der Waals surface area contributed by atoms with Gasteiger partial charge < -0.3 is 25.0 Å².